The molecule has 0 aliphatic carbocycles. The van der Waals surface area contributed by atoms with Gasteiger partial charge in [0.15, 0.2) is 14.6 Å². The smallest absolute Gasteiger partial charge is 0.192 e. The lowest BCUT2D eigenvalue weighted by molar-refractivity contribution is -0.103. The lowest BCUT2D eigenvalue weighted by Gasteiger charge is -2.42. The molecule has 4 heteroatoms. The largest absolute Gasteiger partial charge is 0.412 e. The van der Waals surface area contributed by atoms with E-state index in [0.29, 0.717) is 6.29 Å². The van der Waals surface area contributed by atoms with E-state index in [0.717, 1.165) is 0 Å². The summed E-state index contributed by atoms with van der Waals surface area (Å²) in [7, 11) is -3.20. The third-order valence-electron chi connectivity index (χ3n) is 5.31. The molecule has 138 valence electrons. The second kappa shape index (κ2) is 8.64. The van der Waals surface area contributed by atoms with Crippen LogP contribution < -0.4 is 0 Å². The summed E-state index contributed by atoms with van der Waals surface area (Å²) in [6.45, 7) is 25.0. The van der Waals surface area contributed by atoms with Crippen LogP contribution in [0.2, 0.25) is 37.8 Å². The van der Waals surface area contributed by atoms with Crippen LogP contribution in [0.15, 0.2) is 11.3 Å². The summed E-state index contributed by atoms with van der Waals surface area (Å²) in [5.74, 6) is 5.96. The zero-order chi connectivity index (χ0) is 19.3. The molecule has 0 amide bonds. The summed E-state index contributed by atoms with van der Waals surface area (Å²) in [5.41, 5.74) is 0. The highest BCUT2D eigenvalue weighted by Gasteiger charge is 2.41. The topological polar surface area (TPSA) is 26.3 Å². The number of allylic oxidation sites excluding steroid dienone is 1. The van der Waals surface area contributed by atoms with Gasteiger partial charge < -0.3 is 4.43 Å². The predicted octanol–water partition coefficient (Wildman–Crippen LogP) is 5.68. The van der Waals surface area contributed by atoms with E-state index in [9.17, 15) is 4.79 Å². The molecule has 3 atom stereocenters. The summed E-state index contributed by atoms with van der Waals surface area (Å²) < 4.78 is 6.73. The van der Waals surface area contributed by atoms with Gasteiger partial charge in [0.05, 0.1) is 14.2 Å². The Balaban J connectivity index is 5.69. The van der Waals surface area contributed by atoms with E-state index in [1.165, 1.54) is 5.20 Å². The molecule has 0 aliphatic heterocycles. The van der Waals surface area contributed by atoms with Gasteiger partial charge in [0.25, 0.3) is 0 Å². The van der Waals surface area contributed by atoms with Gasteiger partial charge in [0.1, 0.15) is 0 Å². The van der Waals surface area contributed by atoms with Crippen LogP contribution in [-0.4, -0.2) is 28.8 Å². The monoisotopic (exact) mass is 366 g/mol. The lowest BCUT2D eigenvalue weighted by Crippen LogP contribution is -2.47. The van der Waals surface area contributed by atoms with Crippen LogP contribution in [-0.2, 0) is 9.22 Å². The highest BCUT2D eigenvalue weighted by Crippen LogP contribution is 2.39. The van der Waals surface area contributed by atoms with Gasteiger partial charge in [-0.1, -0.05) is 64.5 Å². The standard InChI is InChI=1S/C20H38O2Si2/c1-16(13-12-14-21)19(22-24(10,11)20(4,5)6)17(2)15-18(3)23(7,8)9/h14-17,19H,1-11H3/b18-15+/t16-,17-,19-/m0/s1. The van der Waals surface area contributed by atoms with Crippen molar-refractivity contribution in [2.75, 3.05) is 0 Å². The van der Waals surface area contributed by atoms with Gasteiger partial charge in [-0.2, -0.15) is 0 Å². The number of hydrogen-bond donors (Lipinski definition) is 0. The van der Waals surface area contributed by atoms with Crippen molar-refractivity contribution < 1.29 is 9.22 Å². The van der Waals surface area contributed by atoms with Crippen LogP contribution in [0.25, 0.3) is 0 Å². The van der Waals surface area contributed by atoms with Crippen molar-refractivity contribution in [1.29, 1.82) is 0 Å². The molecule has 0 aromatic carbocycles. The quantitative estimate of drug-likeness (QED) is 0.344. The second-order valence-corrected chi connectivity index (χ2v) is 19.5. The van der Waals surface area contributed by atoms with Crippen LogP contribution in [0.5, 0.6) is 0 Å². The number of hydrogen-bond acceptors (Lipinski definition) is 2. The van der Waals surface area contributed by atoms with Crippen LogP contribution >= 0.6 is 0 Å². The van der Waals surface area contributed by atoms with E-state index >= 15 is 0 Å². The minimum atomic E-state index is -1.90. The molecule has 2 nitrogen and oxygen atoms in total. The van der Waals surface area contributed by atoms with Gasteiger partial charge in [0.2, 0.25) is 0 Å². The molecule has 0 unspecified atom stereocenters. The molecule has 0 bridgehead atoms. The maximum Gasteiger partial charge on any atom is 0.192 e. The van der Waals surface area contributed by atoms with Gasteiger partial charge in [0, 0.05) is 11.8 Å². The van der Waals surface area contributed by atoms with Gasteiger partial charge in [-0.05, 0) is 37.9 Å². The third kappa shape index (κ3) is 7.08. The Morgan fingerprint density at radius 2 is 1.58 bits per heavy atom. The van der Waals surface area contributed by atoms with E-state index in [-0.39, 0.29) is 23.0 Å². The second-order valence-electron chi connectivity index (χ2n) is 9.50. The first-order chi connectivity index (χ1) is 10.6. The first-order valence-electron chi connectivity index (χ1n) is 8.95. The van der Waals surface area contributed by atoms with Crippen molar-refractivity contribution in [1.82, 2.24) is 0 Å². The van der Waals surface area contributed by atoms with Gasteiger partial charge in [-0.3, -0.25) is 4.79 Å². The van der Waals surface area contributed by atoms with Crippen LogP contribution in [0, 0.1) is 23.7 Å². The number of aldehydes is 1. The Morgan fingerprint density at radius 1 is 1.08 bits per heavy atom. The van der Waals surface area contributed by atoms with Crippen LogP contribution in [0.4, 0.5) is 0 Å². The van der Waals surface area contributed by atoms with E-state index in [1.807, 2.05) is 0 Å². The number of rotatable bonds is 6. The van der Waals surface area contributed by atoms with Crippen molar-refractivity contribution in [2.45, 2.75) is 85.4 Å². The van der Waals surface area contributed by atoms with Crippen molar-refractivity contribution >= 4 is 22.7 Å². The molecular formula is C20H38O2Si2. The van der Waals surface area contributed by atoms with Crippen LogP contribution in [0.1, 0.15) is 41.5 Å². The Morgan fingerprint density at radius 3 is 1.96 bits per heavy atom. The van der Waals surface area contributed by atoms with Crippen molar-refractivity contribution in [3.8, 4) is 11.8 Å². The Hall–Kier alpha value is -0.636. The third-order valence-corrected chi connectivity index (χ3v) is 12.3. The average molecular weight is 367 g/mol. The Bertz CT molecular complexity index is 510. The summed E-state index contributed by atoms with van der Waals surface area (Å²) in [6.07, 6.45) is 3.07. The lowest BCUT2D eigenvalue weighted by atomic mass is 9.93. The molecule has 0 saturated carbocycles. The van der Waals surface area contributed by atoms with Crippen LogP contribution in [0.3, 0.4) is 0 Å². The molecule has 0 heterocycles. The predicted molar refractivity (Wildman–Crippen MR) is 111 cm³/mol. The fourth-order valence-electron chi connectivity index (χ4n) is 2.17. The fourth-order valence-corrected chi connectivity index (χ4v) is 4.38. The van der Waals surface area contributed by atoms with E-state index in [4.69, 9.17) is 4.43 Å². The van der Waals surface area contributed by atoms with Crippen molar-refractivity contribution in [3.63, 3.8) is 0 Å². The van der Waals surface area contributed by atoms with Crippen molar-refractivity contribution in [2.24, 2.45) is 11.8 Å². The normalized spacial score (nSPS) is 17.5. The molecule has 0 radical (unpaired) electrons. The maximum atomic E-state index is 10.6. The average Bonchev–Trinajstić information content (AvgIpc) is 2.39. The summed E-state index contributed by atoms with van der Waals surface area (Å²) in [4.78, 5) is 10.6. The minimum absolute atomic E-state index is 0.0182. The van der Waals surface area contributed by atoms with Gasteiger partial charge >= 0.3 is 0 Å². The molecule has 0 spiro atoms. The number of carbonyl (C=O) groups is 1. The maximum absolute atomic E-state index is 10.6. The molecule has 0 rings (SSSR count). The molecule has 0 aliphatic rings. The Labute approximate surface area is 152 Å². The molecule has 0 aromatic rings. The Kier molecular flexibility index (Phi) is 8.41. The molecule has 0 N–H and O–H groups in total. The summed E-state index contributed by atoms with van der Waals surface area (Å²) in [5, 5.41) is 1.65. The zero-order valence-electron chi connectivity index (χ0n) is 17.7. The van der Waals surface area contributed by atoms with E-state index < -0.39 is 16.4 Å². The zero-order valence-corrected chi connectivity index (χ0v) is 19.7. The van der Waals surface area contributed by atoms with Gasteiger partial charge in [-0.25, -0.2) is 0 Å². The van der Waals surface area contributed by atoms with E-state index in [1.54, 1.807) is 0 Å². The van der Waals surface area contributed by atoms with Crippen molar-refractivity contribution in [3.05, 3.63) is 11.3 Å². The van der Waals surface area contributed by atoms with E-state index in [2.05, 4.69) is 92.2 Å². The SMILES string of the molecule is C/C(=C\[C@H](C)[C@@H](O[Si](C)(C)C(C)(C)C)[C@@H](C)C#CC=O)[Si](C)(C)C. The fraction of sp³-hybridized carbons (Fsp3) is 0.750. The molecule has 24 heavy (non-hydrogen) atoms. The molecule has 0 aromatic heterocycles. The first-order valence-corrected chi connectivity index (χ1v) is 15.4. The molecule has 0 saturated heterocycles. The summed E-state index contributed by atoms with van der Waals surface area (Å²) in [6, 6.07) is 0. The first kappa shape index (κ1) is 23.4. The summed E-state index contributed by atoms with van der Waals surface area (Å²) >= 11 is 0. The highest BCUT2D eigenvalue weighted by atomic mass is 28.4. The molecule has 0 fully saturated rings. The molecular weight excluding hydrogens is 328 g/mol. The van der Waals surface area contributed by atoms with Gasteiger partial charge in [-0.15, -0.1) is 0 Å². The minimum Gasteiger partial charge on any atom is -0.412 e. The highest BCUT2D eigenvalue weighted by molar-refractivity contribution is 6.82. The number of carbonyl (C=O) groups excluding carboxylic acids is 1.